The monoisotopic (exact) mass is 716 g/mol. The molecule has 0 aliphatic carbocycles. The number of aromatic nitrogens is 6. The molecule has 11 rings (SSSR count). The number of nitrogens with zero attached hydrogens (tertiary/aromatic N) is 6. The number of hydrogen-bond acceptors (Lipinski definition) is 4. The molecule has 56 heavy (non-hydrogen) atoms. The maximum Gasteiger partial charge on any atom is 0.180 e. The molecule has 6 nitrogen and oxygen atoms in total. The third-order valence-electron chi connectivity index (χ3n) is 10.6. The smallest absolute Gasteiger partial charge is 0.180 e. The molecule has 0 atom stereocenters. The average Bonchev–Trinajstić information content (AvgIpc) is 3.80. The summed E-state index contributed by atoms with van der Waals surface area (Å²) in [5.74, 6) is 0.533. The summed E-state index contributed by atoms with van der Waals surface area (Å²) in [5.41, 5.74) is 13.0. The first kappa shape index (κ1) is 31.8. The predicted molar refractivity (Wildman–Crippen MR) is 228 cm³/mol. The number of fused-ring (bicyclic) bond motifs is 6. The van der Waals surface area contributed by atoms with Gasteiger partial charge >= 0.3 is 0 Å². The van der Waals surface area contributed by atoms with Crippen molar-refractivity contribution in [1.82, 2.24) is 29.1 Å². The van der Waals surface area contributed by atoms with Gasteiger partial charge in [-0.15, -0.1) is 0 Å². The first-order chi connectivity index (χ1) is 27.8. The maximum absolute atomic E-state index is 4.94. The van der Waals surface area contributed by atoms with E-state index in [2.05, 4.69) is 149 Å². The minimum atomic E-state index is 0.533. The zero-order chi connectivity index (χ0) is 37.0. The van der Waals surface area contributed by atoms with Crippen LogP contribution < -0.4 is 0 Å². The average molecular weight is 717 g/mol. The predicted octanol–water partition coefficient (Wildman–Crippen LogP) is 12.1. The Hall–Kier alpha value is -7.70. The minimum absolute atomic E-state index is 0.533. The van der Waals surface area contributed by atoms with Gasteiger partial charge in [0.05, 0.1) is 51.5 Å². The second-order valence-corrected chi connectivity index (χ2v) is 14.0. The summed E-state index contributed by atoms with van der Waals surface area (Å²) in [6, 6.07) is 63.7. The van der Waals surface area contributed by atoms with Gasteiger partial charge in [-0.05, 0) is 54.6 Å². The molecule has 0 bridgehead atoms. The van der Waals surface area contributed by atoms with Gasteiger partial charge in [-0.25, -0.2) is 15.0 Å². The van der Waals surface area contributed by atoms with E-state index in [1.807, 2.05) is 48.7 Å². The van der Waals surface area contributed by atoms with Gasteiger partial charge in [0.2, 0.25) is 0 Å². The Labute approximate surface area is 322 Å². The number of benzene rings is 7. The lowest BCUT2D eigenvalue weighted by Crippen LogP contribution is -1.99. The van der Waals surface area contributed by atoms with E-state index in [0.717, 1.165) is 61.6 Å². The molecule has 0 aliphatic heterocycles. The summed E-state index contributed by atoms with van der Waals surface area (Å²) in [4.78, 5) is 19.7. The molecule has 0 saturated carbocycles. The van der Waals surface area contributed by atoms with Crippen molar-refractivity contribution in [2.24, 2.45) is 0 Å². The normalized spacial score (nSPS) is 11.6. The molecule has 0 radical (unpaired) electrons. The molecular weight excluding hydrogens is 685 g/mol. The number of hydrogen-bond donors (Lipinski definition) is 0. The topological polar surface area (TPSA) is 61.4 Å². The first-order valence-electron chi connectivity index (χ1n) is 18.7. The van der Waals surface area contributed by atoms with E-state index in [4.69, 9.17) is 19.9 Å². The van der Waals surface area contributed by atoms with Crippen LogP contribution in [0, 0.1) is 0 Å². The van der Waals surface area contributed by atoms with Crippen molar-refractivity contribution in [2.45, 2.75) is 0 Å². The van der Waals surface area contributed by atoms with Crippen LogP contribution in [0.3, 0.4) is 0 Å². The lowest BCUT2D eigenvalue weighted by Gasteiger charge is -2.13. The van der Waals surface area contributed by atoms with Gasteiger partial charge in [0.25, 0.3) is 0 Å². The third-order valence-corrected chi connectivity index (χ3v) is 10.6. The van der Waals surface area contributed by atoms with E-state index in [9.17, 15) is 0 Å². The fourth-order valence-corrected chi connectivity index (χ4v) is 8.05. The third kappa shape index (κ3) is 5.27. The van der Waals surface area contributed by atoms with Crippen molar-refractivity contribution in [3.05, 3.63) is 194 Å². The lowest BCUT2D eigenvalue weighted by atomic mass is 10.1. The zero-order valence-electron chi connectivity index (χ0n) is 30.2. The van der Waals surface area contributed by atoms with Crippen LogP contribution >= 0.6 is 0 Å². The van der Waals surface area contributed by atoms with Gasteiger partial charge in [0, 0.05) is 49.6 Å². The molecule has 0 unspecified atom stereocenters. The van der Waals surface area contributed by atoms with Crippen LogP contribution in [0.4, 0.5) is 0 Å². The second-order valence-electron chi connectivity index (χ2n) is 14.0. The summed E-state index contributed by atoms with van der Waals surface area (Å²) >= 11 is 0. The van der Waals surface area contributed by atoms with Gasteiger partial charge in [-0.3, -0.25) is 4.98 Å². The molecule has 0 amide bonds. The molecule has 7 aromatic carbocycles. The molecule has 0 fully saturated rings. The standard InChI is InChI=1S/C50H32N6/c1-3-14-33(15-4-1)42-30-43(34-16-5-2-6-17-34)54-50(53-42)45-32-51-44(31-52-45)35-26-27-49-41(28-35)40-22-9-12-25-48(40)56(49)37-19-13-18-36(29-37)55-46-23-10-7-20-38(46)39-21-8-11-24-47(39)55/h1-32H. The van der Waals surface area contributed by atoms with Crippen LogP contribution in [-0.4, -0.2) is 29.1 Å². The summed E-state index contributed by atoms with van der Waals surface area (Å²) in [7, 11) is 0. The van der Waals surface area contributed by atoms with Gasteiger partial charge in [-0.1, -0.05) is 127 Å². The molecule has 0 spiro atoms. The Morgan fingerprint density at radius 1 is 0.304 bits per heavy atom. The fourth-order valence-electron chi connectivity index (χ4n) is 8.05. The quantitative estimate of drug-likeness (QED) is 0.172. The number of para-hydroxylation sites is 3. The largest absolute Gasteiger partial charge is 0.309 e. The highest BCUT2D eigenvalue weighted by Crippen LogP contribution is 2.37. The van der Waals surface area contributed by atoms with Crippen LogP contribution in [-0.2, 0) is 0 Å². The summed E-state index contributed by atoms with van der Waals surface area (Å²) in [6.45, 7) is 0. The summed E-state index contributed by atoms with van der Waals surface area (Å²) in [6.07, 6.45) is 3.60. The molecule has 11 aromatic rings. The van der Waals surface area contributed by atoms with Crippen molar-refractivity contribution in [3.8, 4) is 56.7 Å². The Balaban J connectivity index is 0.996. The maximum atomic E-state index is 4.94. The van der Waals surface area contributed by atoms with Crippen LogP contribution in [0.25, 0.3) is 100 Å². The highest BCUT2D eigenvalue weighted by Gasteiger charge is 2.17. The van der Waals surface area contributed by atoms with Crippen molar-refractivity contribution in [3.63, 3.8) is 0 Å². The zero-order valence-corrected chi connectivity index (χ0v) is 30.2. The van der Waals surface area contributed by atoms with Gasteiger partial charge < -0.3 is 9.13 Å². The first-order valence-corrected chi connectivity index (χ1v) is 18.7. The van der Waals surface area contributed by atoms with Crippen molar-refractivity contribution in [1.29, 1.82) is 0 Å². The highest BCUT2D eigenvalue weighted by molar-refractivity contribution is 6.11. The highest BCUT2D eigenvalue weighted by atomic mass is 15.0. The molecule has 0 aliphatic rings. The van der Waals surface area contributed by atoms with Crippen molar-refractivity contribution in [2.75, 3.05) is 0 Å². The van der Waals surface area contributed by atoms with E-state index >= 15 is 0 Å². The Kier molecular flexibility index (Phi) is 7.38. The second kappa shape index (κ2) is 13.0. The van der Waals surface area contributed by atoms with Gasteiger partial charge in [-0.2, -0.15) is 0 Å². The van der Waals surface area contributed by atoms with Gasteiger partial charge in [0.1, 0.15) is 5.69 Å². The molecule has 262 valence electrons. The molecular formula is C50H32N6. The molecule has 0 N–H and O–H groups in total. The number of rotatable bonds is 6. The lowest BCUT2D eigenvalue weighted by molar-refractivity contribution is 1.12. The summed E-state index contributed by atoms with van der Waals surface area (Å²) in [5, 5.41) is 4.83. The van der Waals surface area contributed by atoms with Crippen LogP contribution in [0.1, 0.15) is 0 Å². The molecule has 4 heterocycles. The fraction of sp³-hybridized carbons (Fsp3) is 0. The van der Waals surface area contributed by atoms with Crippen LogP contribution in [0.15, 0.2) is 194 Å². The molecule has 0 saturated heterocycles. The Bertz CT molecular complexity index is 3130. The van der Waals surface area contributed by atoms with Crippen LogP contribution in [0.2, 0.25) is 0 Å². The van der Waals surface area contributed by atoms with Crippen LogP contribution in [0.5, 0.6) is 0 Å². The van der Waals surface area contributed by atoms with E-state index < -0.39 is 0 Å². The van der Waals surface area contributed by atoms with E-state index in [-0.39, 0.29) is 0 Å². The molecule has 4 aromatic heterocycles. The molecule has 6 heteroatoms. The Morgan fingerprint density at radius 2 is 0.768 bits per heavy atom. The summed E-state index contributed by atoms with van der Waals surface area (Å²) < 4.78 is 4.73. The SMILES string of the molecule is c1ccc(-c2cc(-c3ccccc3)nc(-c3cnc(-c4ccc5c(c4)c4ccccc4n5-c4cccc(-n5c6ccccc6c6ccccc65)c4)cn3)n2)cc1. The van der Waals surface area contributed by atoms with Crippen molar-refractivity contribution >= 4 is 43.6 Å². The van der Waals surface area contributed by atoms with E-state index in [0.29, 0.717) is 11.5 Å². The minimum Gasteiger partial charge on any atom is -0.309 e. The van der Waals surface area contributed by atoms with E-state index in [1.54, 1.807) is 6.20 Å². The van der Waals surface area contributed by atoms with Gasteiger partial charge in [0.15, 0.2) is 5.82 Å². The van der Waals surface area contributed by atoms with Crippen molar-refractivity contribution < 1.29 is 0 Å². The Morgan fingerprint density at radius 3 is 1.30 bits per heavy atom. The van der Waals surface area contributed by atoms with E-state index in [1.165, 1.54) is 27.2 Å².